The Morgan fingerprint density at radius 2 is 2.15 bits per heavy atom. The molecule has 0 aromatic heterocycles. The third-order valence-corrected chi connectivity index (χ3v) is 4.98. The molecule has 1 aliphatic heterocycles. The van der Waals surface area contributed by atoms with Crippen molar-refractivity contribution in [3.05, 3.63) is 28.2 Å². The standard InChI is InChI=1S/C16H22BrNO2/c1-10(12-5-6-15(19-2)13(17)9-12)18-14-7-8-20-16(14)11-3-4-11/h5-6,9-11,14,16,18H,3-4,7-8H2,1-2H3. The van der Waals surface area contributed by atoms with Gasteiger partial charge in [0.15, 0.2) is 0 Å². The molecule has 1 saturated carbocycles. The van der Waals surface area contributed by atoms with E-state index in [2.05, 4.69) is 40.3 Å². The van der Waals surface area contributed by atoms with Gasteiger partial charge in [0, 0.05) is 18.7 Å². The second kappa shape index (κ2) is 6.04. The van der Waals surface area contributed by atoms with E-state index in [1.54, 1.807) is 7.11 Å². The highest BCUT2D eigenvalue weighted by Gasteiger charge is 2.40. The first-order valence-corrected chi connectivity index (χ1v) is 8.19. The molecule has 1 heterocycles. The zero-order valence-corrected chi connectivity index (χ0v) is 13.7. The van der Waals surface area contributed by atoms with E-state index in [1.807, 2.05) is 6.07 Å². The summed E-state index contributed by atoms with van der Waals surface area (Å²) < 4.78 is 12.2. The number of hydrogen-bond acceptors (Lipinski definition) is 3. The van der Waals surface area contributed by atoms with E-state index in [-0.39, 0.29) is 0 Å². The molecule has 1 aromatic rings. The van der Waals surface area contributed by atoms with Crippen molar-refractivity contribution in [2.75, 3.05) is 13.7 Å². The molecule has 110 valence electrons. The van der Waals surface area contributed by atoms with Gasteiger partial charge in [0.25, 0.3) is 0 Å². The smallest absolute Gasteiger partial charge is 0.133 e. The molecule has 2 fully saturated rings. The van der Waals surface area contributed by atoms with Gasteiger partial charge in [-0.05, 0) is 65.7 Å². The maximum Gasteiger partial charge on any atom is 0.133 e. The number of nitrogens with one attached hydrogen (secondary N) is 1. The van der Waals surface area contributed by atoms with Crippen molar-refractivity contribution >= 4 is 15.9 Å². The van der Waals surface area contributed by atoms with Crippen molar-refractivity contribution in [2.45, 2.75) is 44.4 Å². The number of rotatable bonds is 5. The average Bonchev–Trinajstić information content (AvgIpc) is 3.19. The number of halogens is 1. The lowest BCUT2D eigenvalue weighted by molar-refractivity contribution is 0.0793. The van der Waals surface area contributed by atoms with Gasteiger partial charge in [-0.15, -0.1) is 0 Å². The van der Waals surface area contributed by atoms with Crippen LogP contribution in [0.1, 0.15) is 37.8 Å². The number of methoxy groups -OCH3 is 1. The molecule has 3 atom stereocenters. The lowest BCUT2D eigenvalue weighted by Crippen LogP contribution is -2.39. The van der Waals surface area contributed by atoms with Crippen LogP contribution in [0.4, 0.5) is 0 Å². The highest BCUT2D eigenvalue weighted by molar-refractivity contribution is 9.10. The second-order valence-electron chi connectivity index (χ2n) is 5.85. The first-order valence-electron chi connectivity index (χ1n) is 7.40. The van der Waals surface area contributed by atoms with Crippen molar-refractivity contribution in [1.29, 1.82) is 0 Å². The van der Waals surface area contributed by atoms with Crippen LogP contribution in [0.5, 0.6) is 5.75 Å². The lowest BCUT2D eigenvalue weighted by atomic mass is 10.0. The Morgan fingerprint density at radius 1 is 1.35 bits per heavy atom. The SMILES string of the molecule is COc1ccc(C(C)NC2CCOC2C2CC2)cc1Br. The van der Waals surface area contributed by atoms with Crippen LogP contribution in [0.2, 0.25) is 0 Å². The van der Waals surface area contributed by atoms with Crippen molar-refractivity contribution < 1.29 is 9.47 Å². The van der Waals surface area contributed by atoms with Gasteiger partial charge >= 0.3 is 0 Å². The first kappa shape index (κ1) is 14.4. The van der Waals surface area contributed by atoms with Gasteiger partial charge in [0.1, 0.15) is 5.75 Å². The topological polar surface area (TPSA) is 30.5 Å². The molecule has 2 aliphatic rings. The summed E-state index contributed by atoms with van der Waals surface area (Å²) in [7, 11) is 1.69. The summed E-state index contributed by atoms with van der Waals surface area (Å²) in [4.78, 5) is 0. The van der Waals surface area contributed by atoms with Gasteiger partial charge < -0.3 is 14.8 Å². The Kier molecular flexibility index (Phi) is 4.34. The van der Waals surface area contributed by atoms with Crippen LogP contribution >= 0.6 is 15.9 Å². The van der Waals surface area contributed by atoms with Crippen molar-refractivity contribution in [3.8, 4) is 5.75 Å². The number of hydrogen-bond donors (Lipinski definition) is 1. The maximum atomic E-state index is 5.89. The van der Waals surface area contributed by atoms with E-state index >= 15 is 0 Å². The monoisotopic (exact) mass is 339 g/mol. The molecule has 1 aliphatic carbocycles. The predicted molar refractivity (Wildman–Crippen MR) is 83.1 cm³/mol. The summed E-state index contributed by atoms with van der Waals surface area (Å²) in [5.41, 5.74) is 1.28. The highest BCUT2D eigenvalue weighted by atomic mass is 79.9. The van der Waals surface area contributed by atoms with Crippen LogP contribution in [0.25, 0.3) is 0 Å². The Labute approximate surface area is 129 Å². The van der Waals surface area contributed by atoms with Crippen molar-refractivity contribution in [1.82, 2.24) is 5.32 Å². The minimum Gasteiger partial charge on any atom is -0.496 e. The number of benzene rings is 1. The van der Waals surface area contributed by atoms with Crippen LogP contribution < -0.4 is 10.1 Å². The molecular weight excluding hydrogens is 318 g/mol. The van der Waals surface area contributed by atoms with Gasteiger partial charge in [0.05, 0.1) is 17.7 Å². The largest absolute Gasteiger partial charge is 0.496 e. The van der Waals surface area contributed by atoms with Gasteiger partial charge in [-0.3, -0.25) is 0 Å². The van der Waals surface area contributed by atoms with Gasteiger partial charge in [0.2, 0.25) is 0 Å². The molecule has 0 amide bonds. The molecule has 1 aromatic carbocycles. The fraction of sp³-hybridized carbons (Fsp3) is 0.625. The highest BCUT2D eigenvalue weighted by Crippen LogP contribution is 2.39. The van der Waals surface area contributed by atoms with Crippen LogP contribution in [0, 0.1) is 5.92 Å². The van der Waals surface area contributed by atoms with E-state index in [0.29, 0.717) is 18.2 Å². The van der Waals surface area contributed by atoms with E-state index in [1.165, 1.54) is 18.4 Å². The molecule has 1 saturated heterocycles. The summed E-state index contributed by atoms with van der Waals surface area (Å²) in [5.74, 6) is 1.67. The average molecular weight is 340 g/mol. The Morgan fingerprint density at radius 3 is 2.80 bits per heavy atom. The zero-order valence-electron chi connectivity index (χ0n) is 12.1. The molecule has 0 radical (unpaired) electrons. The third kappa shape index (κ3) is 3.02. The fourth-order valence-electron chi connectivity index (χ4n) is 3.05. The second-order valence-corrected chi connectivity index (χ2v) is 6.70. The predicted octanol–water partition coefficient (Wildman–Crippen LogP) is 3.68. The minimum atomic E-state index is 0.324. The summed E-state index contributed by atoms with van der Waals surface area (Å²) in [6.07, 6.45) is 4.23. The molecule has 3 nitrogen and oxygen atoms in total. The van der Waals surface area contributed by atoms with Crippen molar-refractivity contribution in [2.24, 2.45) is 5.92 Å². The van der Waals surface area contributed by atoms with E-state index in [4.69, 9.17) is 9.47 Å². The minimum absolute atomic E-state index is 0.324. The Bertz CT molecular complexity index is 476. The molecule has 3 unspecified atom stereocenters. The van der Waals surface area contributed by atoms with Crippen LogP contribution in [-0.4, -0.2) is 25.9 Å². The summed E-state index contributed by atoms with van der Waals surface area (Å²) in [6.45, 7) is 3.12. The molecule has 1 N–H and O–H groups in total. The van der Waals surface area contributed by atoms with Crippen LogP contribution in [0.15, 0.2) is 22.7 Å². The lowest BCUT2D eigenvalue weighted by Gasteiger charge is -2.24. The zero-order chi connectivity index (χ0) is 14.1. The molecular formula is C16H22BrNO2. The van der Waals surface area contributed by atoms with Gasteiger partial charge in [-0.25, -0.2) is 0 Å². The van der Waals surface area contributed by atoms with Crippen molar-refractivity contribution in [3.63, 3.8) is 0 Å². The third-order valence-electron chi connectivity index (χ3n) is 4.36. The van der Waals surface area contributed by atoms with Crippen LogP contribution in [-0.2, 0) is 4.74 Å². The molecule has 4 heteroatoms. The first-order chi connectivity index (χ1) is 9.69. The fourth-order valence-corrected chi connectivity index (χ4v) is 3.61. The summed E-state index contributed by atoms with van der Waals surface area (Å²) >= 11 is 3.56. The Hall–Kier alpha value is -0.580. The molecule has 0 spiro atoms. The van der Waals surface area contributed by atoms with E-state index < -0.39 is 0 Å². The Balaban J connectivity index is 1.66. The molecule has 3 rings (SSSR count). The maximum absolute atomic E-state index is 5.89. The molecule has 20 heavy (non-hydrogen) atoms. The summed E-state index contributed by atoms with van der Waals surface area (Å²) in [6, 6.07) is 7.10. The number of ether oxygens (including phenoxy) is 2. The summed E-state index contributed by atoms with van der Waals surface area (Å²) in [5, 5.41) is 3.74. The normalized spacial score (nSPS) is 27.6. The van der Waals surface area contributed by atoms with Gasteiger partial charge in [-0.2, -0.15) is 0 Å². The van der Waals surface area contributed by atoms with E-state index in [0.717, 1.165) is 29.2 Å². The molecule has 0 bridgehead atoms. The van der Waals surface area contributed by atoms with Gasteiger partial charge in [-0.1, -0.05) is 6.07 Å². The van der Waals surface area contributed by atoms with Crippen LogP contribution in [0.3, 0.4) is 0 Å². The quantitative estimate of drug-likeness (QED) is 0.887. The van der Waals surface area contributed by atoms with E-state index in [9.17, 15) is 0 Å².